The molecule has 4 aromatic rings. The minimum Gasteiger partial charge on any atom is -0.493 e. The van der Waals surface area contributed by atoms with E-state index in [2.05, 4.69) is 9.97 Å². The highest BCUT2D eigenvalue weighted by atomic mass is 32.1. The minimum absolute atomic E-state index is 0.0818. The zero-order valence-corrected chi connectivity index (χ0v) is 18.3. The average molecular weight is 456 g/mol. The second-order valence-electron chi connectivity index (χ2n) is 6.87. The second kappa shape index (κ2) is 9.18. The number of hydrogen-bond donors (Lipinski definition) is 0. The molecule has 0 bridgehead atoms. The predicted molar refractivity (Wildman–Crippen MR) is 117 cm³/mol. The van der Waals surface area contributed by atoms with Crippen molar-refractivity contribution in [2.24, 2.45) is 0 Å². The van der Waals surface area contributed by atoms with Crippen molar-refractivity contribution in [3.05, 3.63) is 62.5 Å². The van der Waals surface area contributed by atoms with Crippen LogP contribution in [0.1, 0.15) is 18.5 Å². The molecule has 0 aliphatic rings. The van der Waals surface area contributed by atoms with Crippen molar-refractivity contribution in [3.8, 4) is 11.5 Å². The van der Waals surface area contributed by atoms with Crippen molar-refractivity contribution in [3.63, 3.8) is 0 Å². The van der Waals surface area contributed by atoms with Gasteiger partial charge in [0.25, 0.3) is 11.1 Å². The summed E-state index contributed by atoms with van der Waals surface area (Å²) in [4.78, 5) is 46.0. The number of benzene rings is 1. The lowest BCUT2D eigenvalue weighted by Gasteiger charge is -2.10. The van der Waals surface area contributed by atoms with Gasteiger partial charge >= 0.3 is 5.97 Å². The third-order valence-corrected chi connectivity index (χ3v) is 5.60. The van der Waals surface area contributed by atoms with Crippen LogP contribution in [0.5, 0.6) is 11.5 Å². The third-order valence-electron chi connectivity index (χ3n) is 4.85. The van der Waals surface area contributed by atoms with Crippen LogP contribution in [0.25, 0.3) is 15.9 Å². The molecule has 0 N–H and O–H groups in total. The number of hydrogen-bond acceptors (Lipinski definition) is 9. The van der Waals surface area contributed by atoms with Crippen LogP contribution in [0.15, 0.2) is 45.7 Å². The van der Waals surface area contributed by atoms with E-state index in [1.54, 1.807) is 23.7 Å². The zero-order valence-electron chi connectivity index (χ0n) is 17.4. The topological polar surface area (TPSA) is 114 Å². The fraction of sp³-hybridized carbons (Fsp3) is 0.286. The second-order valence-corrected chi connectivity index (χ2v) is 7.75. The lowest BCUT2D eigenvalue weighted by atomic mass is 10.2. The first-order chi connectivity index (χ1) is 15.5. The van der Waals surface area contributed by atoms with Crippen molar-refractivity contribution < 1.29 is 19.0 Å². The largest absolute Gasteiger partial charge is 0.493 e. The fourth-order valence-electron chi connectivity index (χ4n) is 3.23. The van der Waals surface area contributed by atoms with Crippen LogP contribution in [0.2, 0.25) is 0 Å². The van der Waals surface area contributed by atoms with E-state index in [0.29, 0.717) is 46.0 Å². The minimum atomic E-state index is -0.439. The summed E-state index contributed by atoms with van der Waals surface area (Å²) in [5.74, 6) is 0.489. The molecule has 0 amide bonds. The fourth-order valence-corrected chi connectivity index (χ4v) is 3.97. The molecule has 0 aliphatic heterocycles. The van der Waals surface area contributed by atoms with Crippen LogP contribution in [-0.4, -0.2) is 39.1 Å². The Bertz CT molecular complexity index is 1410. The van der Waals surface area contributed by atoms with Crippen molar-refractivity contribution in [2.45, 2.75) is 26.0 Å². The molecule has 1 aromatic carbocycles. The summed E-state index contributed by atoms with van der Waals surface area (Å²) >= 11 is 1.33. The van der Waals surface area contributed by atoms with Crippen molar-refractivity contribution in [2.75, 3.05) is 14.2 Å². The van der Waals surface area contributed by atoms with Crippen LogP contribution >= 0.6 is 11.3 Å². The van der Waals surface area contributed by atoms with E-state index in [1.165, 1.54) is 46.9 Å². The molecule has 32 heavy (non-hydrogen) atoms. The maximum atomic E-state index is 12.8. The number of methoxy groups -OCH3 is 2. The Morgan fingerprint density at radius 2 is 1.91 bits per heavy atom. The van der Waals surface area contributed by atoms with Crippen LogP contribution in [-0.2, 0) is 22.7 Å². The molecule has 0 saturated carbocycles. The molecule has 0 fully saturated rings. The summed E-state index contributed by atoms with van der Waals surface area (Å²) in [6, 6.07) is 4.58. The van der Waals surface area contributed by atoms with Crippen LogP contribution < -0.4 is 20.6 Å². The molecular formula is C21H20N4O6S. The summed E-state index contributed by atoms with van der Waals surface area (Å²) < 4.78 is 18.6. The van der Waals surface area contributed by atoms with Gasteiger partial charge in [0.1, 0.15) is 6.61 Å². The van der Waals surface area contributed by atoms with E-state index in [1.807, 2.05) is 0 Å². The maximum Gasteiger partial charge on any atom is 0.306 e. The number of rotatable bonds is 8. The molecule has 166 valence electrons. The Labute approximate surface area is 185 Å². The van der Waals surface area contributed by atoms with Crippen LogP contribution in [0, 0.1) is 0 Å². The molecule has 0 atom stereocenters. The van der Waals surface area contributed by atoms with Gasteiger partial charge in [-0.05, 0) is 12.5 Å². The van der Waals surface area contributed by atoms with Crippen molar-refractivity contribution in [1.29, 1.82) is 0 Å². The van der Waals surface area contributed by atoms with E-state index < -0.39 is 5.97 Å². The Morgan fingerprint density at radius 1 is 1.12 bits per heavy atom. The molecule has 0 unspecified atom stereocenters. The van der Waals surface area contributed by atoms with Gasteiger partial charge in [-0.1, -0.05) is 0 Å². The highest BCUT2D eigenvalue weighted by Gasteiger charge is 2.12. The summed E-state index contributed by atoms with van der Waals surface area (Å²) in [7, 11) is 3.01. The number of nitrogens with zero attached hydrogens (tertiary/aromatic N) is 4. The van der Waals surface area contributed by atoms with Gasteiger partial charge in [0, 0.05) is 36.7 Å². The standard InChI is InChI=1S/C21H20N4O6S/c1-29-16-9-14-15(10-17(16)30-2)22-12-24(20(14)28)5-3-4-19(27)31-11-13-8-18(26)25-6-7-32-21(25)23-13/h6-10,12H,3-5,11H2,1-2H3. The maximum absolute atomic E-state index is 12.8. The van der Waals surface area contributed by atoms with E-state index in [9.17, 15) is 14.4 Å². The van der Waals surface area contributed by atoms with Gasteiger partial charge in [-0.25, -0.2) is 9.97 Å². The van der Waals surface area contributed by atoms with E-state index >= 15 is 0 Å². The molecule has 3 aromatic heterocycles. The van der Waals surface area contributed by atoms with Gasteiger partial charge < -0.3 is 14.2 Å². The molecule has 0 saturated heterocycles. The van der Waals surface area contributed by atoms with Crippen LogP contribution in [0.3, 0.4) is 0 Å². The van der Waals surface area contributed by atoms with Gasteiger partial charge in [-0.15, -0.1) is 11.3 Å². The first-order valence-electron chi connectivity index (χ1n) is 9.72. The first-order valence-corrected chi connectivity index (χ1v) is 10.6. The predicted octanol–water partition coefficient (Wildman–Crippen LogP) is 2.01. The van der Waals surface area contributed by atoms with Gasteiger partial charge in [-0.2, -0.15) is 0 Å². The lowest BCUT2D eigenvalue weighted by Crippen LogP contribution is -2.21. The Kier molecular flexibility index (Phi) is 6.17. The van der Waals surface area contributed by atoms with E-state index in [-0.39, 0.29) is 24.1 Å². The SMILES string of the molecule is COc1cc2ncn(CCCC(=O)OCc3cc(=O)n4ccsc4n3)c(=O)c2cc1OC. The Hall–Kier alpha value is -3.73. The lowest BCUT2D eigenvalue weighted by molar-refractivity contribution is -0.145. The van der Waals surface area contributed by atoms with Gasteiger partial charge in [0.15, 0.2) is 16.5 Å². The van der Waals surface area contributed by atoms with Gasteiger partial charge in [0.2, 0.25) is 0 Å². The molecular weight excluding hydrogens is 436 g/mol. The summed E-state index contributed by atoms with van der Waals surface area (Å²) in [5, 5.41) is 2.16. The summed E-state index contributed by atoms with van der Waals surface area (Å²) in [5.41, 5.74) is 0.428. The Balaban J connectivity index is 1.37. The zero-order chi connectivity index (χ0) is 22.7. The normalized spacial score (nSPS) is 11.1. The average Bonchev–Trinajstić information content (AvgIpc) is 3.28. The Morgan fingerprint density at radius 3 is 2.69 bits per heavy atom. The van der Waals surface area contributed by atoms with Crippen LogP contribution in [0.4, 0.5) is 0 Å². The van der Waals surface area contributed by atoms with E-state index in [0.717, 1.165) is 0 Å². The number of carbonyl (C=O) groups excluding carboxylic acids is 1. The number of aryl methyl sites for hydroxylation is 1. The highest BCUT2D eigenvalue weighted by Crippen LogP contribution is 2.29. The van der Waals surface area contributed by atoms with Gasteiger partial charge in [-0.3, -0.25) is 23.4 Å². The quantitative estimate of drug-likeness (QED) is 0.370. The monoisotopic (exact) mass is 456 g/mol. The third kappa shape index (κ3) is 4.33. The molecule has 0 radical (unpaired) electrons. The van der Waals surface area contributed by atoms with Crippen molar-refractivity contribution >= 4 is 33.2 Å². The number of fused-ring (bicyclic) bond motifs is 2. The van der Waals surface area contributed by atoms with E-state index in [4.69, 9.17) is 14.2 Å². The molecule has 4 rings (SSSR count). The number of thiazole rings is 1. The summed E-state index contributed by atoms with van der Waals surface area (Å²) in [6.07, 6.45) is 3.58. The molecule has 0 spiro atoms. The first kappa shape index (κ1) is 21.5. The van der Waals surface area contributed by atoms with Gasteiger partial charge in [0.05, 0.1) is 37.1 Å². The highest BCUT2D eigenvalue weighted by molar-refractivity contribution is 7.15. The number of carbonyl (C=O) groups is 1. The molecule has 0 aliphatic carbocycles. The number of aromatic nitrogens is 4. The molecule has 11 heteroatoms. The van der Waals surface area contributed by atoms with Crippen molar-refractivity contribution in [1.82, 2.24) is 18.9 Å². The molecule has 10 nitrogen and oxygen atoms in total. The smallest absolute Gasteiger partial charge is 0.306 e. The number of ether oxygens (including phenoxy) is 3. The molecule has 3 heterocycles. The number of esters is 1. The summed E-state index contributed by atoms with van der Waals surface area (Å²) in [6.45, 7) is 0.216.